The average molecular weight is 1310 g/mol. The molecule has 0 heterocycles. The van der Waals surface area contributed by atoms with Gasteiger partial charge in [0.2, 0.25) is 0 Å². The molecule has 0 saturated carbocycles. The molecule has 0 aromatic carbocycles. The van der Waals surface area contributed by atoms with Crippen LogP contribution in [0.4, 0.5) is 0 Å². The lowest BCUT2D eigenvalue weighted by Crippen LogP contribution is -2.37. The fourth-order valence-electron chi connectivity index (χ4n) is 10.9. The minimum Gasteiger partial charge on any atom is -0.756 e. The highest BCUT2D eigenvalue weighted by molar-refractivity contribution is 7.45. The average Bonchev–Trinajstić information content (AvgIpc) is 2.14. The normalized spacial score (nSPS) is 13.7. The third-order valence-corrected chi connectivity index (χ3v) is 17.7. The Balaban J connectivity index is 3.98. The van der Waals surface area contributed by atoms with E-state index in [-0.39, 0.29) is 26.1 Å². The highest BCUT2D eigenvalue weighted by atomic mass is 31.2. The molecule has 0 N–H and O–H groups in total. The largest absolute Gasteiger partial charge is 0.756 e. The van der Waals surface area contributed by atoms with Crippen molar-refractivity contribution in [2.24, 2.45) is 0 Å². The van der Waals surface area contributed by atoms with Crippen LogP contribution in [0.25, 0.3) is 0 Å². The summed E-state index contributed by atoms with van der Waals surface area (Å²) in [6.45, 7) is 4.10. The van der Waals surface area contributed by atoms with Gasteiger partial charge in [-0.3, -0.25) is 14.2 Å². The van der Waals surface area contributed by atoms with E-state index >= 15 is 0 Å². The summed E-state index contributed by atoms with van der Waals surface area (Å²) in [6, 6.07) is 0. The number of nitrogens with zero attached hydrogens (tertiary/aromatic N) is 1. The van der Waals surface area contributed by atoms with Crippen molar-refractivity contribution in [2.75, 3.05) is 47.5 Å². The first-order valence-electron chi connectivity index (χ1n) is 38.6. The first-order valence-corrected chi connectivity index (χ1v) is 40.1. The number of phosphoric ester groups is 1. The van der Waals surface area contributed by atoms with E-state index in [0.29, 0.717) is 17.4 Å². The van der Waals surface area contributed by atoms with Crippen molar-refractivity contribution in [1.29, 1.82) is 0 Å². The molecule has 2 unspecified atom stereocenters. The van der Waals surface area contributed by atoms with E-state index in [1.54, 1.807) is 0 Å². The van der Waals surface area contributed by atoms with Crippen molar-refractivity contribution in [3.8, 4) is 0 Å². The predicted molar refractivity (Wildman–Crippen MR) is 397 cm³/mol. The van der Waals surface area contributed by atoms with Crippen LogP contribution in [0.2, 0.25) is 0 Å². The number of hydrogen-bond acceptors (Lipinski definition) is 8. The smallest absolute Gasteiger partial charge is 0.306 e. The first-order chi connectivity index (χ1) is 45.0. The van der Waals surface area contributed by atoms with Gasteiger partial charge in [-0.05, 0) is 103 Å². The van der Waals surface area contributed by atoms with Gasteiger partial charge < -0.3 is 27.9 Å². The summed E-state index contributed by atoms with van der Waals surface area (Å²) in [5.74, 6) is -0.879. The monoisotopic (exact) mass is 1300 g/mol. The summed E-state index contributed by atoms with van der Waals surface area (Å²) >= 11 is 0. The molecule has 0 saturated heterocycles. The second-order valence-corrected chi connectivity index (χ2v) is 28.4. The number of quaternary nitrogens is 1. The minimum absolute atomic E-state index is 0.0436. The molecule has 0 aliphatic rings. The number of carbonyl (C=O) groups excluding carboxylic acids is 2. The number of carbonyl (C=O) groups is 2. The van der Waals surface area contributed by atoms with E-state index in [4.69, 9.17) is 18.5 Å². The fraction of sp³-hybridized carbons (Fsp3) is 0.756. The van der Waals surface area contributed by atoms with Crippen LogP contribution in [-0.2, 0) is 32.7 Å². The molecule has 9 nitrogen and oxygen atoms in total. The minimum atomic E-state index is -4.66. The molecule has 0 aliphatic heterocycles. The van der Waals surface area contributed by atoms with Crippen molar-refractivity contribution in [3.63, 3.8) is 0 Å². The van der Waals surface area contributed by atoms with E-state index in [0.717, 1.165) is 83.5 Å². The van der Waals surface area contributed by atoms with E-state index in [9.17, 15) is 19.0 Å². The van der Waals surface area contributed by atoms with Gasteiger partial charge in [0.1, 0.15) is 19.8 Å². The molecular formula is C82H146NO8P. The van der Waals surface area contributed by atoms with Gasteiger partial charge in [-0.15, -0.1) is 0 Å². The molecular weight excluding hydrogens is 1160 g/mol. The Hall–Kier alpha value is -3.33. The summed E-state index contributed by atoms with van der Waals surface area (Å²) in [5.41, 5.74) is 0. The predicted octanol–water partition coefficient (Wildman–Crippen LogP) is 25.0. The Bertz CT molecular complexity index is 1920. The highest BCUT2D eigenvalue weighted by Gasteiger charge is 2.22. The molecule has 0 bridgehead atoms. The molecule has 2 atom stereocenters. The van der Waals surface area contributed by atoms with Crippen molar-refractivity contribution in [3.05, 3.63) is 109 Å². The third kappa shape index (κ3) is 75.7. The maximum atomic E-state index is 12.8. The zero-order chi connectivity index (χ0) is 66.9. The summed E-state index contributed by atoms with van der Waals surface area (Å²) in [5, 5.41) is 0. The standard InChI is InChI=1S/C82H146NO8P/c1-6-8-10-12-14-16-18-20-22-24-26-28-30-32-34-35-36-37-38-39-40-41-42-43-44-45-46-47-49-50-52-54-56-58-60-62-64-66-68-70-72-74-81(84)88-78-80(79-90-92(86,87)89-77-76-83(3,4)5)91-82(85)75-73-71-69-67-65-63-61-59-57-55-53-51-48-33-31-29-27-25-23-21-19-17-15-13-11-9-7-2/h9,11,15,17,21,23-24,26-27,29,33,48,53,55,59,61,65,67,80H,6-8,10,12-14,16,18-20,22,25,28,30-32,34-47,49-52,54,56-58,60,62-64,66,68-79H2,1-5H3/b11-9-,17-15-,23-21-,26-24-,29-27-,48-33-,55-53-,61-59-,67-65-. The Morgan fingerprint density at radius 3 is 0.957 bits per heavy atom. The van der Waals surface area contributed by atoms with Crippen LogP contribution in [0.15, 0.2) is 109 Å². The van der Waals surface area contributed by atoms with Crippen LogP contribution in [0.3, 0.4) is 0 Å². The van der Waals surface area contributed by atoms with Gasteiger partial charge in [-0.25, -0.2) is 0 Å². The Kier molecular flexibility index (Phi) is 69.3. The Morgan fingerprint density at radius 1 is 0.348 bits per heavy atom. The zero-order valence-electron chi connectivity index (χ0n) is 60.7. The maximum absolute atomic E-state index is 12.8. The molecule has 0 aliphatic carbocycles. The lowest BCUT2D eigenvalue weighted by atomic mass is 10.0. The van der Waals surface area contributed by atoms with Crippen molar-refractivity contribution >= 4 is 19.8 Å². The molecule has 0 aromatic rings. The van der Waals surface area contributed by atoms with Crippen LogP contribution in [0, 0.1) is 0 Å². The SMILES string of the molecule is CC/C=C\C/C=C\C/C=C\C/C=C\C/C=C\C/C=C\C/C=C\C/C=C\CCCCC(=O)OC(COC(=O)CCCCCCCCCCCCCCCCCCCCCCCCCCCCCCC/C=C\CCCCCCCCCC)COP(=O)([O-])OCC[N+](C)(C)C. The molecule has 0 fully saturated rings. The number of esters is 2. The van der Waals surface area contributed by atoms with Crippen LogP contribution in [0.1, 0.15) is 348 Å². The molecule has 0 aromatic heterocycles. The number of rotatable bonds is 71. The summed E-state index contributed by atoms with van der Waals surface area (Å²) < 4.78 is 34.3. The molecule has 0 amide bonds. The summed E-state index contributed by atoms with van der Waals surface area (Å²) in [7, 11) is 1.13. The van der Waals surface area contributed by atoms with Crippen molar-refractivity contribution < 1.29 is 42.1 Å². The fourth-order valence-corrected chi connectivity index (χ4v) is 11.6. The van der Waals surface area contributed by atoms with E-state index in [2.05, 4.69) is 123 Å². The van der Waals surface area contributed by atoms with Crippen LogP contribution < -0.4 is 4.89 Å². The van der Waals surface area contributed by atoms with Gasteiger partial charge in [-0.2, -0.15) is 0 Å². The number of allylic oxidation sites excluding steroid dienone is 18. The van der Waals surface area contributed by atoms with Gasteiger partial charge in [0.05, 0.1) is 27.7 Å². The lowest BCUT2D eigenvalue weighted by Gasteiger charge is -2.28. The van der Waals surface area contributed by atoms with Gasteiger partial charge in [-0.1, -0.05) is 342 Å². The molecule has 0 radical (unpaired) electrons. The van der Waals surface area contributed by atoms with E-state index in [1.807, 2.05) is 21.1 Å². The van der Waals surface area contributed by atoms with E-state index in [1.165, 1.54) is 231 Å². The molecule has 10 heteroatoms. The molecule has 92 heavy (non-hydrogen) atoms. The number of hydrogen-bond donors (Lipinski definition) is 0. The summed E-state index contributed by atoms with van der Waals surface area (Å²) in [4.78, 5) is 38.1. The van der Waals surface area contributed by atoms with Gasteiger partial charge in [0, 0.05) is 12.8 Å². The second kappa shape index (κ2) is 72.0. The first kappa shape index (κ1) is 88.7. The molecule has 0 spiro atoms. The maximum Gasteiger partial charge on any atom is 0.306 e. The van der Waals surface area contributed by atoms with Crippen molar-refractivity contribution in [1.82, 2.24) is 0 Å². The second-order valence-electron chi connectivity index (χ2n) is 27.0. The van der Waals surface area contributed by atoms with Crippen LogP contribution in [-0.4, -0.2) is 70.0 Å². The zero-order valence-corrected chi connectivity index (χ0v) is 61.6. The third-order valence-electron chi connectivity index (χ3n) is 16.8. The molecule has 0 rings (SSSR count). The summed E-state index contributed by atoms with van der Waals surface area (Å²) in [6.07, 6.45) is 102. The topological polar surface area (TPSA) is 111 Å². The van der Waals surface area contributed by atoms with E-state index < -0.39 is 32.5 Å². The lowest BCUT2D eigenvalue weighted by molar-refractivity contribution is -0.870. The Labute approximate surface area is 569 Å². The van der Waals surface area contributed by atoms with Gasteiger partial charge in [0.15, 0.2) is 6.10 Å². The highest BCUT2D eigenvalue weighted by Crippen LogP contribution is 2.38. The number of likely N-dealkylation sites (N-methyl/N-ethyl adjacent to an activating group) is 1. The number of phosphoric acid groups is 1. The molecule has 532 valence electrons. The van der Waals surface area contributed by atoms with Gasteiger partial charge in [0.25, 0.3) is 7.82 Å². The van der Waals surface area contributed by atoms with Crippen LogP contribution in [0.5, 0.6) is 0 Å². The Morgan fingerprint density at radius 2 is 0.620 bits per heavy atom. The van der Waals surface area contributed by atoms with Crippen LogP contribution >= 0.6 is 7.82 Å². The number of unbranched alkanes of at least 4 members (excludes halogenated alkanes) is 39. The van der Waals surface area contributed by atoms with Crippen molar-refractivity contribution in [2.45, 2.75) is 354 Å². The van der Waals surface area contributed by atoms with Gasteiger partial charge >= 0.3 is 11.9 Å². The number of ether oxygens (including phenoxy) is 2. The quantitative estimate of drug-likeness (QED) is 0.0195.